The van der Waals surface area contributed by atoms with Crippen LogP contribution in [-0.2, 0) is 4.74 Å². The first-order valence-electron chi connectivity index (χ1n) is 11.9. The lowest BCUT2D eigenvalue weighted by Crippen LogP contribution is -2.46. The van der Waals surface area contributed by atoms with Crippen molar-refractivity contribution in [3.8, 4) is 0 Å². The van der Waals surface area contributed by atoms with Gasteiger partial charge in [0.1, 0.15) is 0 Å². The Labute approximate surface area is 183 Å². The number of piperazine rings is 1. The highest BCUT2D eigenvalue weighted by atomic mass is 16.5. The molecule has 2 aliphatic heterocycles. The third-order valence-corrected chi connectivity index (χ3v) is 6.30. The molecule has 0 radical (unpaired) electrons. The minimum Gasteiger partial charge on any atom is -0.381 e. The maximum atomic E-state index is 5.48. The molecule has 0 aliphatic carbocycles. The first-order chi connectivity index (χ1) is 14.8. The number of hydrogen-bond acceptors (Lipinski definition) is 4. The molecule has 168 valence electrons. The maximum Gasteiger partial charge on any atom is 0.193 e. The van der Waals surface area contributed by atoms with E-state index in [1.807, 2.05) is 0 Å². The highest BCUT2D eigenvalue weighted by Crippen LogP contribution is 2.18. The van der Waals surface area contributed by atoms with Crippen molar-refractivity contribution >= 4 is 11.6 Å². The lowest BCUT2D eigenvalue weighted by atomic mass is 9.96. The van der Waals surface area contributed by atoms with E-state index in [4.69, 9.17) is 9.73 Å². The molecule has 0 atom stereocenters. The Morgan fingerprint density at radius 3 is 2.57 bits per heavy atom. The summed E-state index contributed by atoms with van der Waals surface area (Å²) >= 11 is 0. The fraction of sp³-hybridized carbons (Fsp3) is 0.708. The highest BCUT2D eigenvalue weighted by Gasteiger charge is 2.17. The zero-order valence-corrected chi connectivity index (χ0v) is 19.1. The van der Waals surface area contributed by atoms with E-state index in [-0.39, 0.29) is 0 Å². The molecule has 1 aromatic rings. The molecule has 2 heterocycles. The van der Waals surface area contributed by atoms with Crippen LogP contribution in [0, 0.1) is 5.92 Å². The van der Waals surface area contributed by atoms with Crippen LogP contribution in [0.25, 0.3) is 0 Å². The van der Waals surface area contributed by atoms with Gasteiger partial charge in [-0.2, -0.15) is 0 Å². The fourth-order valence-corrected chi connectivity index (χ4v) is 4.33. The largest absolute Gasteiger partial charge is 0.381 e. The van der Waals surface area contributed by atoms with Gasteiger partial charge in [-0.15, -0.1) is 0 Å². The normalized spacial score (nSPS) is 19.1. The van der Waals surface area contributed by atoms with Crippen LogP contribution in [-0.4, -0.2) is 88.4 Å². The molecule has 2 aliphatic rings. The Kier molecular flexibility index (Phi) is 9.77. The number of ether oxygens (including phenoxy) is 1. The molecule has 0 amide bonds. The van der Waals surface area contributed by atoms with E-state index in [1.165, 1.54) is 24.9 Å². The van der Waals surface area contributed by atoms with Gasteiger partial charge in [0.05, 0.1) is 0 Å². The molecule has 0 spiro atoms. The third kappa shape index (κ3) is 7.47. The molecule has 2 fully saturated rings. The van der Waals surface area contributed by atoms with Gasteiger partial charge >= 0.3 is 0 Å². The number of guanidine groups is 1. The number of hydrogen-bond donors (Lipinski definition) is 1. The van der Waals surface area contributed by atoms with Gasteiger partial charge in [0.2, 0.25) is 0 Å². The van der Waals surface area contributed by atoms with E-state index in [0.29, 0.717) is 0 Å². The lowest BCUT2D eigenvalue weighted by molar-refractivity contribution is 0.0625. The molecule has 1 aromatic carbocycles. The topological polar surface area (TPSA) is 43.3 Å². The van der Waals surface area contributed by atoms with Crippen LogP contribution in [0.15, 0.2) is 35.3 Å². The summed E-state index contributed by atoms with van der Waals surface area (Å²) in [4.78, 5) is 12.3. The van der Waals surface area contributed by atoms with Crippen LogP contribution >= 0.6 is 0 Å². The minimum atomic E-state index is 0.804. The van der Waals surface area contributed by atoms with Crippen LogP contribution in [0.5, 0.6) is 0 Å². The monoisotopic (exact) mass is 415 g/mol. The predicted molar refractivity (Wildman–Crippen MR) is 126 cm³/mol. The lowest BCUT2D eigenvalue weighted by Gasteiger charge is -2.36. The quantitative estimate of drug-likeness (QED) is 0.382. The van der Waals surface area contributed by atoms with Gasteiger partial charge in [-0.1, -0.05) is 18.2 Å². The molecule has 0 bridgehead atoms. The van der Waals surface area contributed by atoms with E-state index in [0.717, 1.165) is 83.9 Å². The van der Waals surface area contributed by atoms with Crippen molar-refractivity contribution < 1.29 is 4.74 Å². The van der Waals surface area contributed by atoms with E-state index in [9.17, 15) is 0 Å². The zero-order valence-electron chi connectivity index (χ0n) is 19.1. The molecular weight excluding hydrogens is 374 g/mol. The average molecular weight is 416 g/mol. The highest BCUT2D eigenvalue weighted by molar-refractivity contribution is 5.79. The summed E-state index contributed by atoms with van der Waals surface area (Å²) in [5.41, 5.74) is 1.35. The molecule has 0 unspecified atom stereocenters. The Bertz CT molecular complexity index is 609. The third-order valence-electron chi connectivity index (χ3n) is 6.30. The number of nitrogens with zero attached hydrogens (tertiary/aromatic N) is 4. The van der Waals surface area contributed by atoms with E-state index in [1.54, 1.807) is 0 Å². The fourth-order valence-electron chi connectivity index (χ4n) is 4.33. The van der Waals surface area contributed by atoms with Crippen molar-refractivity contribution in [3.63, 3.8) is 0 Å². The van der Waals surface area contributed by atoms with Crippen LogP contribution in [0.3, 0.4) is 0 Å². The van der Waals surface area contributed by atoms with Crippen molar-refractivity contribution in [2.24, 2.45) is 10.9 Å². The Morgan fingerprint density at radius 2 is 1.87 bits per heavy atom. The number of nitrogens with one attached hydrogen (secondary N) is 1. The summed E-state index contributed by atoms with van der Waals surface area (Å²) in [6, 6.07) is 10.8. The summed E-state index contributed by atoms with van der Waals surface area (Å²) in [6.07, 6.45) is 4.77. The van der Waals surface area contributed by atoms with Gasteiger partial charge in [-0.05, 0) is 50.7 Å². The Hall–Kier alpha value is -1.79. The summed E-state index contributed by atoms with van der Waals surface area (Å²) in [6.45, 7) is 12.5. The molecule has 30 heavy (non-hydrogen) atoms. The molecular formula is C24H41N5O. The molecule has 0 aromatic heterocycles. The number of para-hydroxylation sites is 1. The number of aliphatic imine (C=N–C) groups is 1. The second-order valence-corrected chi connectivity index (χ2v) is 8.52. The predicted octanol–water partition coefficient (Wildman–Crippen LogP) is 2.91. The maximum absolute atomic E-state index is 5.48. The van der Waals surface area contributed by atoms with Crippen LogP contribution in [0.2, 0.25) is 0 Å². The molecule has 1 N–H and O–H groups in total. The standard InChI is InChI=1S/C24H41N5O/c1-3-25-24(27(2)15-10-22-11-20-30-21-12-22)26-13-7-14-28-16-18-29(19-17-28)23-8-5-4-6-9-23/h4-6,8-9,22H,3,7,10-21H2,1-2H3,(H,25,26). The van der Waals surface area contributed by atoms with Gasteiger partial charge in [0.15, 0.2) is 5.96 Å². The van der Waals surface area contributed by atoms with Gasteiger partial charge in [0, 0.05) is 78.3 Å². The second-order valence-electron chi connectivity index (χ2n) is 8.52. The number of benzene rings is 1. The molecule has 6 nitrogen and oxygen atoms in total. The summed E-state index contributed by atoms with van der Waals surface area (Å²) in [5, 5.41) is 3.46. The van der Waals surface area contributed by atoms with Gasteiger partial charge in [-0.25, -0.2) is 0 Å². The summed E-state index contributed by atoms with van der Waals surface area (Å²) < 4.78 is 5.48. The minimum absolute atomic E-state index is 0.804. The molecule has 6 heteroatoms. The average Bonchev–Trinajstić information content (AvgIpc) is 2.81. The molecule has 3 rings (SSSR count). The SMILES string of the molecule is CCNC(=NCCCN1CCN(c2ccccc2)CC1)N(C)CCC1CCOCC1. The number of rotatable bonds is 9. The van der Waals surface area contributed by atoms with Gasteiger partial charge < -0.3 is 19.9 Å². The Morgan fingerprint density at radius 1 is 1.13 bits per heavy atom. The van der Waals surface area contributed by atoms with Gasteiger partial charge in [0.25, 0.3) is 0 Å². The van der Waals surface area contributed by atoms with E-state index >= 15 is 0 Å². The summed E-state index contributed by atoms with van der Waals surface area (Å²) in [5.74, 6) is 1.86. The van der Waals surface area contributed by atoms with Gasteiger partial charge in [-0.3, -0.25) is 9.89 Å². The Balaban J connectivity index is 1.35. The van der Waals surface area contributed by atoms with Crippen LogP contribution < -0.4 is 10.2 Å². The second kappa shape index (κ2) is 12.8. The van der Waals surface area contributed by atoms with Crippen molar-refractivity contribution in [1.29, 1.82) is 0 Å². The van der Waals surface area contributed by atoms with E-state index in [2.05, 4.69) is 64.3 Å². The summed E-state index contributed by atoms with van der Waals surface area (Å²) in [7, 11) is 2.17. The van der Waals surface area contributed by atoms with Crippen molar-refractivity contribution in [2.45, 2.75) is 32.6 Å². The van der Waals surface area contributed by atoms with Crippen LogP contribution in [0.1, 0.15) is 32.6 Å². The van der Waals surface area contributed by atoms with Crippen LogP contribution in [0.4, 0.5) is 5.69 Å². The first kappa shape index (κ1) is 22.9. The van der Waals surface area contributed by atoms with Crippen molar-refractivity contribution in [2.75, 3.05) is 77.5 Å². The molecule has 2 saturated heterocycles. The zero-order chi connectivity index (χ0) is 21.0. The number of anilines is 1. The van der Waals surface area contributed by atoms with Crippen molar-refractivity contribution in [3.05, 3.63) is 30.3 Å². The van der Waals surface area contributed by atoms with E-state index < -0.39 is 0 Å². The molecule has 0 saturated carbocycles. The van der Waals surface area contributed by atoms with Crippen molar-refractivity contribution in [1.82, 2.24) is 15.1 Å². The smallest absolute Gasteiger partial charge is 0.193 e. The first-order valence-corrected chi connectivity index (χ1v) is 11.9.